The second-order valence-corrected chi connectivity index (χ2v) is 5.89. The van der Waals surface area contributed by atoms with E-state index in [-0.39, 0.29) is 5.56 Å². The van der Waals surface area contributed by atoms with Crippen LogP contribution in [-0.4, -0.2) is 33.7 Å². The Morgan fingerprint density at radius 2 is 1.81 bits per heavy atom. The van der Waals surface area contributed by atoms with Gasteiger partial charge in [-0.2, -0.15) is 0 Å². The van der Waals surface area contributed by atoms with Crippen LogP contribution in [0.3, 0.4) is 0 Å². The van der Waals surface area contributed by atoms with Crippen molar-refractivity contribution in [1.82, 2.24) is 0 Å². The zero-order valence-corrected chi connectivity index (χ0v) is 12.5. The Morgan fingerprint density at radius 1 is 1.24 bits per heavy atom. The van der Waals surface area contributed by atoms with Gasteiger partial charge in [0, 0.05) is 6.20 Å². The first-order chi connectivity index (χ1) is 9.61. The van der Waals surface area contributed by atoms with Gasteiger partial charge in [-0.1, -0.05) is 0 Å². The van der Waals surface area contributed by atoms with E-state index in [2.05, 4.69) is 5.32 Å². The van der Waals surface area contributed by atoms with Gasteiger partial charge in [0.15, 0.2) is 5.57 Å². The van der Waals surface area contributed by atoms with Crippen molar-refractivity contribution in [2.45, 2.75) is 26.4 Å². The Labute approximate surface area is 124 Å². The van der Waals surface area contributed by atoms with Crippen molar-refractivity contribution in [3.8, 4) is 0 Å². The lowest BCUT2D eigenvalue weighted by atomic mass is 10.2. The highest BCUT2D eigenvalue weighted by Gasteiger charge is 2.22. The molecule has 21 heavy (non-hydrogen) atoms. The van der Waals surface area contributed by atoms with Gasteiger partial charge in [-0.05, 0) is 32.2 Å². The number of carboxylic acid groups (broad SMARTS) is 2. The lowest BCUT2D eigenvalue weighted by Crippen LogP contribution is -2.24. The van der Waals surface area contributed by atoms with E-state index < -0.39 is 29.1 Å². The highest BCUT2D eigenvalue weighted by atomic mass is 32.1. The summed E-state index contributed by atoms with van der Waals surface area (Å²) in [5, 5.41) is 21.9. The van der Waals surface area contributed by atoms with Crippen molar-refractivity contribution < 1.29 is 29.3 Å². The Bertz CT molecular complexity index is 580. The van der Waals surface area contributed by atoms with Gasteiger partial charge in [0.05, 0.1) is 5.56 Å². The van der Waals surface area contributed by atoms with Gasteiger partial charge in [0.1, 0.15) is 10.6 Å². The summed E-state index contributed by atoms with van der Waals surface area (Å²) >= 11 is 1.13. The predicted molar refractivity (Wildman–Crippen MR) is 76.5 cm³/mol. The van der Waals surface area contributed by atoms with Gasteiger partial charge >= 0.3 is 17.9 Å². The summed E-state index contributed by atoms with van der Waals surface area (Å²) in [5.41, 5.74) is -1.29. The van der Waals surface area contributed by atoms with Crippen molar-refractivity contribution in [1.29, 1.82) is 0 Å². The minimum atomic E-state index is -1.58. The fraction of sp³-hybridized carbons (Fsp3) is 0.308. The number of ether oxygens (including phenoxy) is 1. The monoisotopic (exact) mass is 313 g/mol. The summed E-state index contributed by atoms with van der Waals surface area (Å²) < 4.78 is 5.20. The highest BCUT2D eigenvalue weighted by molar-refractivity contribution is 7.14. The van der Waals surface area contributed by atoms with Gasteiger partial charge in [-0.3, -0.25) is 0 Å². The molecule has 8 heteroatoms. The fourth-order valence-electron chi connectivity index (χ4n) is 1.27. The van der Waals surface area contributed by atoms with Crippen LogP contribution in [0.2, 0.25) is 0 Å². The summed E-state index contributed by atoms with van der Waals surface area (Å²) in [6.07, 6.45) is 0.824. The topological polar surface area (TPSA) is 113 Å². The van der Waals surface area contributed by atoms with Crippen LogP contribution in [0.1, 0.15) is 31.1 Å². The average Bonchev–Trinajstić information content (AvgIpc) is 2.74. The number of carbonyl (C=O) groups excluding carboxylic acids is 1. The molecular weight excluding hydrogens is 298 g/mol. The Balaban J connectivity index is 2.95. The van der Waals surface area contributed by atoms with E-state index in [1.54, 1.807) is 26.2 Å². The molecule has 3 N–H and O–H groups in total. The molecule has 0 unspecified atom stereocenters. The Morgan fingerprint density at radius 3 is 2.29 bits per heavy atom. The summed E-state index contributed by atoms with van der Waals surface area (Å²) in [6, 6.07) is 1.51. The van der Waals surface area contributed by atoms with Crippen LogP contribution in [0.15, 0.2) is 23.2 Å². The van der Waals surface area contributed by atoms with Crippen LogP contribution < -0.4 is 5.32 Å². The van der Waals surface area contributed by atoms with E-state index in [9.17, 15) is 14.4 Å². The molecule has 0 aliphatic carbocycles. The van der Waals surface area contributed by atoms with Crippen LogP contribution in [0.5, 0.6) is 0 Å². The summed E-state index contributed by atoms with van der Waals surface area (Å²) in [4.78, 5) is 33.4. The number of nitrogens with one attached hydrogen (secondary N) is 1. The van der Waals surface area contributed by atoms with E-state index in [4.69, 9.17) is 14.9 Å². The molecule has 0 spiro atoms. The number of esters is 1. The van der Waals surface area contributed by atoms with Crippen LogP contribution in [0.25, 0.3) is 0 Å². The third kappa shape index (κ3) is 4.92. The molecule has 0 saturated carbocycles. The minimum absolute atomic E-state index is 0.210. The molecule has 0 fully saturated rings. The average molecular weight is 313 g/mol. The molecule has 0 amide bonds. The molecule has 7 nitrogen and oxygen atoms in total. The molecule has 114 valence electrons. The van der Waals surface area contributed by atoms with E-state index in [0.29, 0.717) is 5.00 Å². The first kappa shape index (κ1) is 16.7. The number of thiophene rings is 1. The summed E-state index contributed by atoms with van der Waals surface area (Å²) in [7, 11) is 0. The number of carbonyl (C=O) groups is 3. The largest absolute Gasteiger partial charge is 0.477 e. The van der Waals surface area contributed by atoms with Crippen LogP contribution in [-0.2, 0) is 14.3 Å². The van der Waals surface area contributed by atoms with E-state index in [1.165, 1.54) is 6.07 Å². The maximum atomic E-state index is 11.9. The zero-order valence-electron chi connectivity index (χ0n) is 11.7. The molecular formula is C13H15NO6S. The molecule has 0 radical (unpaired) electrons. The van der Waals surface area contributed by atoms with Crippen molar-refractivity contribution >= 4 is 34.2 Å². The maximum Gasteiger partial charge on any atom is 0.344 e. The Kier molecular flexibility index (Phi) is 5.09. The van der Waals surface area contributed by atoms with Gasteiger partial charge in [0.2, 0.25) is 0 Å². The minimum Gasteiger partial charge on any atom is -0.477 e. The molecule has 1 aromatic heterocycles. The standard InChI is InChI=1S/C13H15NO6S/c1-13(2,3)20-12(19)7-4-5-21-9(7)14-6-8(10(15)16)11(17)18/h4-6,14H,1-3H3,(H,15,16)(H,17,18). The number of carboxylic acids is 2. The van der Waals surface area contributed by atoms with Gasteiger partial charge < -0.3 is 20.3 Å². The third-order valence-electron chi connectivity index (χ3n) is 2.09. The smallest absolute Gasteiger partial charge is 0.344 e. The van der Waals surface area contributed by atoms with Crippen LogP contribution in [0, 0.1) is 0 Å². The number of hydrogen-bond donors (Lipinski definition) is 3. The Hall–Kier alpha value is -2.35. The lowest BCUT2D eigenvalue weighted by molar-refractivity contribution is -0.140. The third-order valence-corrected chi connectivity index (χ3v) is 2.94. The lowest BCUT2D eigenvalue weighted by Gasteiger charge is -2.19. The number of rotatable bonds is 5. The molecule has 1 heterocycles. The van der Waals surface area contributed by atoms with E-state index >= 15 is 0 Å². The maximum absolute atomic E-state index is 11.9. The van der Waals surface area contributed by atoms with Gasteiger partial charge in [-0.25, -0.2) is 14.4 Å². The molecule has 0 atom stereocenters. The highest BCUT2D eigenvalue weighted by Crippen LogP contribution is 2.26. The molecule has 1 aromatic rings. The molecule has 0 aromatic carbocycles. The number of aliphatic carboxylic acids is 2. The second kappa shape index (κ2) is 6.40. The normalized spacial score (nSPS) is 10.6. The van der Waals surface area contributed by atoms with Crippen molar-refractivity contribution in [2.75, 3.05) is 5.32 Å². The van der Waals surface area contributed by atoms with Gasteiger partial charge in [0.25, 0.3) is 0 Å². The summed E-state index contributed by atoms with van der Waals surface area (Å²) in [6.45, 7) is 5.16. The van der Waals surface area contributed by atoms with E-state index in [0.717, 1.165) is 17.5 Å². The molecule has 0 aliphatic heterocycles. The second-order valence-electron chi connectivity index (χ2n) is 4.98. The van der Waals surface area contributed by atoms with Crippen molar-refractivity contribution in [3.05, 3.63) is 28.8 Å². The quantitative estimate of drug-likeness (QED) is 0.330. The van der Waals surface area contributed by atoms with Crippen molar-refractivity contribution in [3.63, 3.8) is 0 Å². The number of hydrogen-bond acceptors (Lipinski definition) is 6. The molecule has 0 saturated heterocycles. The van der Waals surface area contributed by atoms with E-state index in [1.807, 2.05) is 0 Å². The predicted octanol–water partition coefficient (Wildman–Crippen LogP) is 2.17. The van der Waals surface area contributed by atoms with Crippen LogP contribution in [0.4, 0.5) is 5.00 Å². The summed E-state index contributed by atoms with van der Waals surface area (Å²) in [5.74, 6) is -3.73. The fourth-order valence-corrected chi connectivity index (χ4v) is 2.01. The van der Waals surface area contributed by atoms with Crippen molar-refractivity contribution in [2.24, 2.45) is 0 Å². The SMILES string of the molecule is CC(C)(C)OC(=O)c1ccsc1NC=C(C(=O)O)C(=O)O. The zero-order chi connectivity index (χ0) is 16.2. The molecule has 0 aliphatic rings. The first-order valence-electron chi connectivity index (χ1n) is 5.86. The van der Waals surface area contributed by atoms with Gasteiger partial charge in [-0.15, -0.1) is 11.3 Å². The number of anilines is 1. The van der Waals surface area contributed by atoms with Crippen LogP contribution >= 0.6 is 11.3 Å². The molecule has 1 rings (SSSR count). The molecule has 0 bridgehead atoms. The first-order valence-corrected chi connectivity index (χ1v) is 6.74.